The minimum absolute atomic E-state index is 0.330. The first-order valence-electron chi connectivity index (χ1n) is 6.43. The maximum absolute atomic E-state index is 13.5. The highest BCUT2D eigenvalue weighted by Crippen LogP contribution is 2.60. The summed E-state index contributed by atoms with van der Waals surface area (Å²) in [4.78, 5) is 10.9. The molecule has 4 nitrogen and oxygen atoms in total. The Labute approximate surface area is 143 Å². The monoisotopic (exact) mass is 428 g/mol. The van der Waals surface area contributed by atoms with Crippen LogP contribution < -0.4 is 0 Å². The molecule has 0 heterocycles. The van der Waals surface area contributed by atoms with Crippen LogP contribution in [0.2, 0.25) is 0 Å². The van der Waals surface area contributed by atoms with E-state index in [2.05, 4.69) is 16.1 Å². The molecule has 0 radical (unpaired) electrons. The highest BCUT2D eigenvalue weighted by atomic mass is 19.4. The zero-order valence-electron chi connectivity index (χ0n) is 13.0. The first-order chi connectivity index (χ1) is 11.7. The highest BCUT2D eigenvalue weighted by Gasteiger charge is 2.89. The molecule has 0 bridgehead atoms. The molecular formula is C12H11F11O4. The van der Waals surface area contributed by atoms with Crippen LogP contribution in [0.1, 0.15) is 12.8 Å². The standard InChI is InChI=1S/C12H11F11O4/c1-3-6(24)27-8(25,26-2)5-4-7(13,14)10(16,17)9(15,11(18,19)20)12(21,22)23/h3,25H,1,4-5H2,2H3. The van der Waals surface area contributed by atoms with Crippen molar-refractivity contribution < 1.29 is 67.7 Å². The van der Waals surface area contributed by atoms with Crippen molar-refractivity contribution in [3.63, 3.8) is 0 Å². The summed E-state index contributed by atoms with van der Waals surface area (Å²) in [5, 5.41) is 9.44. The van der Waals surface area contributed by atoms with E-state index in [0.717, 1.165) is 0 Å². The van der Waals surface area contributed by atoms with E-state index in [4.69, 9.17) is 0 Å². The molecule has 27 heavy (non-hydrogen) atoms. The van der Waals surface area contributed by atoms with Crippen molar-refractivity contribution in [1.82, 2.24) is 0 Å². The Balaban J connectivity index is 5.90. The Bertz CT molecular complexity index is 541. The fourth-order valence-electron chi connectivity index (χ4n) is 1.63. The second-order valence-electron chi connectivity index (χ2n) is 4.97. The molecule has 0 saturated carbocycles. The van der Waals surface area contributed by atoms with Gasteiger partial charge >= 0.3 is 41.8 Å². The zero-order valence-corrected chi connectivity index (χ0v) is 13.0. The van der Waals surface area contributed by atoms with Crippen LogP contribution in [0.15, 0.2) is 12.7 Å². The highest BCUT2D eigenvalue weighted by molar-refractivity contribution is 5.81. The number of ether oxygens (including phenoxy) is 2. The van der Waals surface area contributed by atoms with Gasteiger partial charge in [-0.3, -0.25) is 0 Å². The third-order valence-electron chi connectivity index (χ3n) is 3.17. The minimum Gasteiger partial charge on any atom is -0.405 e. The van der Waals surface area contributed by atoms with Crippen molar-refractivity contribution in [2.75, 3.05) is 7.11 Å². The molecule has 1 unspecified atom stereocenters. The topological polar surface area (TPSA) is 55.8 Å². The molecular weight excluding hydrogens is 417 g/mol. The van der Waals surface area contributed by atoms with Crippen molar-refractivity contribution in [3.8, 4) is 0 Å². The van der Waals surface area contributed by atoms with Crippen LogP contribution in [0.25, 0.3) is 0 Å². The summed E-state index contributed by atoms with van der Waals surface area (Å²) in [6.45, 7) is 2.80. The van der Waals surface area contributed by atoms with E-state index >= 15 is 0 Å². The normalized spacial score (nSPS) is 16.6. The molecule has 15 heteroatoms. The fourth-order valence-corrected chi connectivity index (χ4v) is 1.63. The van der Waals surface area contributed by atoms with Crippen LogP contribution in [0.5, 0.6) is 0 Å². The number of hydrogen-bond donors (Lipinski definition) is 1. The second kappa shape index (κ2) is 7.41. The first kappa shape index (κ1) is 25.4. The number of carbonyl (C=O) groups is 1. The summed E-state index contributed by atoms with van der Waals surface area (Å²) >= 11 is 0. The van der Waals surface area contributed by atoms with Gasteiger partial charge in [0.05, 0.1) is 0 Å². The largest absolute Gasteiger partial charge is 0.438 e. The molecule has 0 amide bonds. The van der Waals surface area contributed by atoms with Crippen LogP contribution in [0.4, 0.5) is 48.3 Å². The third kappa shape index (κ3) is 4.62. The smallest absolute Gasteiger partial charge is 0.405 e. The maximum atomic E-state index is 13.5. The summed E-state index contributed by atoms with van der Waals surface area (Å²) in [6.07, 6.45) is -19.3. The number of methoxy groups -OCH3 is 1. The molecule has 0 aliphatic rings. The Hall–Kier alpha value is -1.64. The van der Waals surface area contributed by atoms with E-state index < -0.39 is 54.7 Å². The quantitative estimate of drug-likeness (QED) is 0.276. The average molecular weight is 428 g/mol. The molecule has 0 spiro atoms. The molecule has 0 rings (SSSR count). The Morgan fingerprint density at radius 2 is 1.33 bits per heavy atom. The summed E-state index contributed by atoms with van der Waals surface area (Å²) < 4.78 is 149. The van der Waals surface area contributed by atoms with Crippen LogP contribution in [-0.4, -0.2) is 54.0 Å². The van der Waals surface area contributed by atoms with E-state index in [1.54, 1.807) is 0 Å². The van der Waals surface area contributed by atoms with Crippen LogP contribution in [-0.2, 0) is 14.3 Å². The molecule has 0 aliphatic heterocycles. The lowest BCUT2D eigenvalue weighted by molar-refractivity contribution is -0.429. The molecule has 0 saturated heterocycles. The number of esters is 1. The van der Waals surface area contributed by atoms with Gasteiger partial charge in [-0.2, -0.15) is 43.9 Å². The molecule has 0 aliphatic carbocycles. The third-order valence-corrected chi connectivity index (χ3v) is 3.17. The number of rotatable bonds is 8. The molecule has 160 valence electrons. The SMILES string of the molecule is C=CC(=O)OC(O)(CCC(F)(F)C(F)(F)C(F)(C(F)(F)F)C(F)(F)F)OC. The zero-order chi connectivity index (χ0) is 22.1. The number of carbonyl (C=O) groups excluding carboxylic acids is 1. The Kier molecular flexibility index (Phi) is 6.96. The average Bonchev–Trinajstić information content (AvgIpc) is 2.49. The van der Waals surface area contributed by atoms with Gasteiger partial charge in [0, 0.05) is 26.0 Å². The van der Waals surface area contributed by atoms with E-state index in [-0.39, 0.29) is 0 Å². The van der Waals surface area contributed by atoms with Crippen molar-refractivity contribution in [1.29, 1.82) is 0 Å². The summed E-state index contributed by atoms with van der Waals surface area (Å²) in [6, 6.07) is 0. The van der Waals surface area contributed by atoms with Gasteiger partial charge in [0.1, 0.15) is 0 Å². The summed E-state index contributed by atoms with van der Waals surface area (Å²) in [7, 11) is 0.470. The Morgan fingerprint density at radius 3 is 1.63 bits per heavy atom. The van der Waals surface area contributed by atoms with Crippen LogP contribution >= 0.6 is 0 Å². The van der Waals surface area contributed by atoms with Gasteiger partial charge in [-0.15, -0.1) is 0 Å². The van der Waals surface area contributed by atoms with Gasteiger partial charge in [0.15, 0.2) is 0 Å². The predicted molar refractivity (Wildman–Crippen MR) is 63.3 cm³/mol. The molecule has 0 aromatic carbocycles. The van der Waals surface area contributed by atoms with Gasteiger partial charge in [-0.05, 0) is 0 Å². The summed E-state index contributed by atoms with van der Waals surface area (Å²) in [5.74, 6) is -18.7. The number of alkyl halides is 11. The fraction of sp³-hybridized carbons (Fsp3) is 0.750. The van der Waals surface area contributed by atoms with E-state index in [9.17, 15) is 58.2 Å². The first-order valence-corrected chi connectivity index (χ1v) is 6.43. The van der Waals surface area contributed by atoms with E-state index in [1.165, 1.54) is 0 Å². The van der Waals surface area contributed by atoms with Crippen LogP contribution in [0.3, 0.4) is 0 Å². The summed E-state index contributed by atoms with van der Waals surface area (Å²) in [5.41, 5.74) is -7.61. The maximum Gasteiger partial charge on any atom is 0.438 e. The lowest BCUT2D eigenvalue weighted by Crippen LogP contribution is -2.70. The number of halogens is 11. The van der Waals surface area contributed by atoms with Gasteiger partial charge in [-0.1, -0.05) is 6.58 Å². The second-order valence-corrected chi connectivity index (χ2v) is 4.97. The van der Waals surface area contributed by atoms with Gasteiger partial charge < -0.3 is 14.6 Å². The van der Waals surface area contributed by atoms with Crippen molar-refractivity contribution >= 4 is 5.97 Å². The van der Waals surface area contributed by atoms with Crippen molar-refractivity contribution in [2.24, 2.45) is 0 Å². The van der Waals surface area contributed by atoms with Gasteiger partial charge in [-0.25, -0.2) is 9.18 Å². The number of aliphatic hydroxyl groups is 1. The molecule has 0 aromatic rings. The lowest BCUT2D eigenvalue weighted by Gasteiger charge is -2.40. The molecule has 1 atom stereocenters. The molecule has 0 aromatic heterocycles. The number of hydrogen-bond acceptors (Lipinski definition) is 4. The Morgan fingerprint density at radius 1 is 0.926 bits per heavy atom. The van der Waals surface area contributed by atoms with Crippen molar-refractivity contribution in [2.45, 2.75) is 48.7 Å². The minimum atomic E-state index is -7.61. The van der Waals surface area contributed by atoms with E-state index in [1.807, 2.05) is 0 Å². The van der Waals surface area contributed by atoms with E-state index in [0.29, 0.717) is 13.2 Å². The van der Waals surface area contributed by atoms with Crippen LogP contribution in [0, 0.1) is 0 Å². The van der Waals surface area contributed by atoms with Gasteiger partial charge in [0.25, 0.3) is 0 Å². The van der Waals surface area contributed by atoms with Crippen molar-refractivity contribution in [3.05, 3.63) is 12.7 Å². The molecule has 1 N–H and O–H groups in total. The molecule has 0 fully saturated rings. The lowest BCUT2D eigenvalue weighted by atomic mass is 9.88. The predicted octanol–water partition coefficient (Wildman–Crippen LogP) is 3.89. The van der Waals surface area contributed by atoms with Gasteiger partial charge in [0.2, 0.25) is 0 Å².